The summed E-state index contributed by atoms with van der Waals surface area (Å²) in [5, 5.41) is 0. The van der Waals surface area contributed by atoms with Crippen molar-refractivity contribution in [3.63, 3.8) is 0 Å². The molecule has 0 unspecified atom stereocenters. The lowest BCUT2D eigenvalue weighted by Gasteiger charge is -2.42. The number of piperidine rings is 1. The Morgan fingerprint density at radius 2 is 1.94 bits per heavy atom. The highest BCUT2D eigenvalue weighted by Crippen LogP contribution is 2.34. The van der Waals surface area contributed by atoms with Crippen molar-refractivity contribution in [1.29, 1.82) is 0 Å². The van der Waals surface area contributed by atoms with Gasteiger partial charge in [0.2, 0.25) is 0 Å². The maximum atomic E-state index is 11.9. The molecule has 0 radical (unpaired) electrons. The lowest BCUT2D eigenvalue weighted by Crippen LogP contribution is -2.48. The summed E-state index contributed by atoms with van der Waals surface area (Å²) in [7, 11) is 0. The Balaban J connectivity index is 2.59. The van der Waals surface area contributed by atoms with E-state index < -0.39 is 5.60 Å². The van der Waals surface area contributed by atoms with Crippen LogP contribution in [-0.2, 0) is 4.74 Å². The molecule has 0 aromatic carbocycles. The van der Waals surface area contributed by atoms with E-state index in [2.05, 4.69) is 20.8 Å². The molecule has 1 amide bonds. The van der Waals surface area contributed by atoms with Gasteiger partial charge in [-0.25, -0.2) is 4.79 Å². The standard InChI is InChI=1S/C13H25NO2/c1-10-9-13(5,6)7-8-14(10)11(15)16-12(2,3)4/h10H,7-9H2,1-6H3/t10-/m0/s1. The maximum absolute atomic E-state index is 11.9. The summed E-state index contributed by atoms with van der Waals surface area (Å²) in [5.74, 6) is 0. The van der Waals surface area contributed by atoms with Crippen molar-refractivity contribution in [3.05, 3.63) is 0 Å². The molecule has 0 saturated carbocycles. The van der Waals surface area contributed by atoms with Crippen LogP contribution in [-0.4, -0.2) is 29.2 Å². The number of likely N-dealkylation sites (tertiary alicyclic amines) is 1. The van der Waals surface area contributed by atoms with E-state index >= 15 is 0 Å². The van der Waals surface area contributed by atoms with Gasteiger partial charge < -0.3 is 9.64 Å². The van der Waals surface area contributed by atoms with Crippen molar-refractivity contribution in [2.24, 2.45) is 5.41 Å². The van der Waals surface area contributed by atoms with E-state index in [4.69, 9.17) is 4.74 Å². The summed E-state index contributed by atoms with van der Waals surface area (Å²) in [6.45, 7) is 13.1. The predicted octanol–water partition coefficient (Wildman–Crippen LogP) is 3.43. The van der Waals surface area contributed by atoms with E-state index in [1.165, 1.54) is 0 Å². The van der Waals surface area contributed by atoms with Crippen molar-refractivity contribution < 1.29 is 9.53 Å². The molecule has 1 aliphatic heterocycles. The minimum atomic E-state index is -0.399. The van der Waals surface area contributed by atoms with Crippen LogP contribution in [0.4, 0.5) is 4.79 Å². The van der Waals surface area contributed by atoms with E-state index in [1.807, 2.05) is 25.7 Å². The third kappa shape index (κ3) is 3.69. The first-order valence-corrected chi connectivity index (χ1v) is 6.10. The molecule has 0 aromatic heterocycles. The van der Waals surface area contributed by atoms with Gasteiger partial charge in [-0.2, -0.15) is 0 Å². The summed E-state index contributed by atoms with van der Waals surface area (Å²) in [5.41, 5.74) is -0.0539. The summed E-state index contributed by atoms with van der Waals surface area (Å²) < 4.78 is 5.40. The molecule has 1 heterocycles. The van der Waals surface area contributed by atoms with Gasteiger partial charge in [0, 0.05) is 12.6 Å². The molecule has 1 fully saturated rings. The SMILES string of the molecule is C[C@H]1CC(C)(C)CCN1C(=O)OC(C)(C)C. The third-order valence-corrected chi connectivity index (χ3v) is 3.04. The fourth-order valence-electron chi connectivity index (χ4n) is 2.25. The highest BCUT2D eigenvalue weighted by Gasteiger charge is 2.35. The number of ether oxygens (including phenoxy) is 1. The Bertz CT molecular complexity index is 266. The van der Waals surface area contributed by atoms with Gasteiger partial charge in [-0.05, 0) is 46.0 Å². The van der Waals surface area contributed by atoms with Crippen molar-refractivity contribution in [3.8, 4) is 0 Å². The molecule has 3 heteroatoms. The molecule has 1 atom stereocenters. The average Bonchev–Trinajstić information content (AvgIpc) is 1.97. The molecular weight excluding hydrogens is 202 g/mol. The van der Waals surface area contributed by atoms with Gasteiger partial charge in [-0.3, -0.25) is 0 Å². The van der Waals surface area contributed by atoms with Gasteiger partial charge in [0.05, 0.1) is 0 Å². The average molecular weight is 227 g/mol. The molecule has 1 aliphatic rings. The molecule has 0 N–H and O–H groups in total. The number of rotatable bonds is 0. The van der Waals surface area contributed by atoms with Crippen LogP contribution in [0, 0.1) is 5.41 Å². The van der Waals surface area contributed by atoms with Crippen LogP contribution in [0.3, 0.4) is 0 Å². The molecule has 1 rings (SSSR count). The maximum Gasteiger partial charge on any atom is 0.410 e. The lowest BCUT2D eigenvalue weighted by molar-refractivity contribution is -0.000198. The molecule has 0 aromatic rings. The predicted molar refractivity (Wildman–Crippen MR) is 65.4 cm³/mol. The zero-order valence-electron chi connectivity index (χ0n) is 11.5. The van der Waals surface area contributed by atoms with Crippen molar-refractivity contribution >= 4 is 6.09 Å². The monoisotopic (exact) mass is 227 g/mol. The Morgan fingerprint density at radius 1 is 1.38 bits per heavy atom. The Labute approximate surface area is 99.1 Å². The number of amides is 1. The molecule has 0 spiro atoms. The first-order valence-electron chi connectivity index (χ1n) is 6.10. The smallest absolute Gasteiger partial charge is 0.410 e. The van der Waals surface area contributed by atoms with Crippen molar-refractivity contribution in [2.45, 2.75) is 66.0 Å². The van der Waals surface area contributed by atoms with E-state index in [0.717, 1.165) is 19.4 Å². The zero-order chi connectivity index (χ0) is 12.6. The van der Waals surface area contributed by atoms with Gasteiger partial charge >= 0.3 is 6.09 Å². The molecule has 94 valence electrons. The van der Waals surface area contributed by atoms with Crippen molar-refractivity contribution in [2.75, 3.05) is 6.54 Å². The second-order valence-electron chi connectivity index (χ2n) is 6.64. The number of nitrogens with zero attached hydrogens (tertiary/aromatic N) is 1. The highest BCUT2D eigenvalue weighted by atomic mass is 16.6. The Hall–Kier alpha value is -0.730. The summed E-state index contributed by atoms with van der Waals surface area (Å²) in [6, 6.07) is 0.276. The quantitative estimate of drug-likeness (QED) is 0.634. The minimum Gasteiger partial charge on any atom is -0.444 e. The fraction of sp³-hybridized carbons (Fsp3) is 0.923. The third-order valence-electron chi connectivity index (χ3n) is 3.04. The lowest BCUT2D eigenvalue weighted by atomic mass is 9.79. The van der Waals surface area contributed by atoms with Crippen molar-refractivity contribution in [1.82, 2.24) is 4.90 Å². The zero-order valence-corrected chi connectivity index (χ0v) is 11.5. The number of hydrogen-bond donors (Lipinski definition) is 0. The van der Waals surface area contributed by atoms with Crippen LogP contribution in [0.2, 0.25) is 0 Å². The first-order chi connectivity index (χ1) is 7.11. The summed E-state index contributed by atoms with van der Waals surface area (Å²) >= 11 is 0. The van der Waals surface area contributed by atoms with Gasteiger partial charge in [0.15, 0.2) is 0 Å². The first kappa shape index (κ1) is 13.3. The van der Waals surface area contributed by atoms with E-state index in [1.54, 1.807) is 0 Å². The normalized spacial score (nSPS) is 25.4. The van der Waals surface area contributed by atoms with Gasteiger partial charge in [0.25, 0.3) is 0 Å². The van der Waals surface area contributed by atoms with Gasteiger partial charge in [-0.15, -0.1) is 0 Å². The molecular formula is C13H25NO2. The molecule has 0 aliphatic carbocycles. The topological polar surface area (TPSA) is 29.5 Å². The van der Waals surface area contributed by atoms with E-state index in [9.17, 15) is 4.79 Å². The molecule has 16 heavy (non-hydrogen) atoms. The second-order valence-corrected chi connectivity index (χ2v) is 6.64. The molecule has 0 bridgehead atoms. The molecule has 1 saturated heterocycles. The van der Waals surface area contributed by atoms with Crippen LogP contribution in [0.5, 0.6) is 0 Å². The van der Waals surface area contributed by atoms with Gasteiger partial charge in [-0.1, -0.05) is 13.8 Å². The fourth-order valence-corrected chi connectivity index (χ4v) is 2.25. The van der Waals surface area contributed by atoms with Crippen LogP contribution >= 0.6 is 0 Å². The molecule has 3 nitrogen and oxygen atoms in total. The second kappa shape index (κ2) is 4.27. The number of hydrogen-bond acceptors (Lipinski definition) is 2. The Morgan fingerprint density at radius 3 is 2.38 bits per heavy atom. The van der Waals surface area contributed by atoms with Gasteiger partial charge in [0.1, 0.15) is 5.60 Å². The number of carbonyl (C=O) groups excluding carboxylic acids is 1. The minimum absolute atomic E-state index is 0.171. The summed E-state index contributed by atoms with van der Waals surface area (Å²) in [6.07, 6.45) is 1.93. The largest absolute Gasteiger partial charge is 0.444 e. The van der Waals surface area contributed by atoms with Crippen LogP contribution in [0.25, 0.3) is 0 Å². The van der Waals surface area contributed by atoms with E-state index in [-0.39, 0.29) is 12.1 Å². The van der Waals surface area contributed by atoms with Crippen LogP contribution < -0.4 is 0 Å². The van der Waals surface area contributed by atoms with Crippen LogP contribution in [0.15, 0.2) is 0 Å². The highest BCUT2D eigenvalue weighted by molar-refractivity contribution is 5.68. The number of carbonyl (C=O) groups is 1. The van der Waals surface area contributed by atoms with E-state index in [0.29, 0.717) is 5.41 Å². The van der Waals surface area contributed by atoms with Crippen LogP contribution in [0.1, 0.15) is 54.4 Å². The Kier molecular flexibility index (Phi) is 3.56. The summed E-state index contributed by atoms with van der Waals surface area (Å²) in [4.78, 5) is 13.8.